The quantitative estimate of drug-likeness (QED) is 0.651. The summed E-state index contributed by atoms with van der Waals surface area (Å²) in [5, 5.41) is 5.19. The van der Waals surface area contributed by atoms with Gasteiger partial charge in [-0.15, -0.1) is 0 Å². The van der Waals surface area contributed by atoms with Crippen LogP contribution in [0, 0.1) is 0 Å². The average molecular weight is 426 g/mol. The lowest BCUT2D eigenvalue weighted by Gasteiger charge is -2.30. The van der Waals surface area contributed by atoms with Gasteiger partial charge in [-0.2, -0.15) is 0 Å². The van der Waals surface area contributed by atoms with Gasteiger partial charge in [0.1, 0.15) is 23.4 Å². The lowest BCUT2D eigenvalue weighted by Crippen LogP contribution is -2.19. The normalized spacial score (nSPS) is 15.0. The second-order valence-corrected chi connectivity index (χ2v) is 8.88. The molecule has 0 aliphatic carbocycles. The first-order chi connectivity index (χ1) is 14.4. The molecule has 3 aromatic carbocycles. The van der Waals surface area contributed by atoms with E-state index in [-0.39, 0.29) is 11.9 Å². The number of sulfonamides is 1. The largest absolute Gasteiger partial charge is 0.497 e. The van der Waals surface area contributed by atoms with E-state index in [0.29, 0.717) is 6.42 Å². The van der Waals surface area contributed by atoms with Crippen LogP contribution in [0.1, 0.15) is 22.8 Å². The minimum absolute atomic E-state index is 0.115. The van der Waals surface area contributed by atoms with Gasteiger partial charge in [0.15, 0.2) is 0 Å². The first-order valence-corrected chi connectivity index (χ1v) is 11.2. The molecule has 3 aromatic rings. The highest BCUT2D eigenvalue weighted by molar-refractivity contribution is 7.89. The Morgan fingerprint density at radius 1 is 1.00 bits per heavy atom. The van der Waals surface area contributed by atoms with Crippen LogP contribution in [0.5, 0.6) is 17.2 Å². The van der Waals surface area contributed by atoms with E-state index >= 15 is 0 Å². The highest BCUT2D eigenvalue weighted by atomic mass is 32.2. The van der Waals surface area contributed by atoms with Gasteiger partial charge >= 0.3 is 0 Å². The molecule has 0 saturated carbocycles. The molecule has 0 spiro atoms. The smallest absolute Gasteiger partial charge is 0.209 e. The van der Waals surface area contributed by atoms with Crippen molar-refractivity contribution in [1.29, 1.82) is 0 Å². The summed E-state index contributed by atoms with van der Waals surface area (Å²) in [7, 11) is -0.291. The third-order valence-electron chi connectivity index (χ3n) is 5.19. The van der Waals surface area contributed by atoms with E-state index in [2.05, 4.69) is 0 Å². The minimum atomic E-state index is -3.55. The lowest BCUT2D eigenvalue weighted by atomic mass is 9.87. The Hall–Kier alpha value is -3.03. The van der Waals surface area contributed by atoms with E-state index < -0.39 is 10.0 Å². The number of nitrogens with two attached hydrogens (primary N) is 1. The molecule has 0 saturated heterocycles. The van der Waals surface area contributed by atoms with Gasteiger partial charge in [-0.25, -0.2) is 13.6 Å². The molecule has 1 aliphatic heterocycles. The number of aryl methyl sites for hydroxylation is 1. The first kappa shape index (κ1) is 20.3. The maximum atomic E-state index is 11.4. The van der Waals surface area contributed by atoms with Crippen LogP contribution < -0.4 is 19.3 Å². The number of rotatable bonds is 6. The Balaban J connectivity index is 1.86. The van der Waals surface area contributed by atoms with E-state index in [9.17, 15) is 8.42 Å². The van der Waals surface area contributed by atoms with Gasteiger partial charge in [0.2, 0.25) is 10.0 Å². The number of hydrogen-bond acceptors (Lipinski definition) is 5. The number of benzene rings is 3. The van der Waals surface area contributed by atoms with E-state index in [1.54, 1.807) is 14.2 Å². The second-order valence-electron chi connectivity index (χ2n) is 7.15. The number of ether oxygens (including phenoxy) is 3. The molecule has 1 aliphatic rings. The summed E-state index contributed by atoms with van der Waals surface area (Å²) in [6.45, 7) is 0. The summed E-state index contributed by atoms with van der Waals surface area (Å²) in [6.07, 6.45) is -0.0421. The van der Waals surface area contributed by atoms with Crippen LogP contribution in [-0.4, -0.2) is 28.4 Å². The molecule has 1 atom stereocenters. The molecule has 7 heteroatoms. The number of fused-ring (bicyclic) bond motifs is 3. The third-order valence-corrected chi connectivity index (χ3v) is 5.97. The fraction of sp³-hybridized carbons (Fsp3) is 0.217. The summed E-state index contributed by atoms with van der Waals surface area (Å²) in [5.74, 6) is 2.07. The molecular weight excluding hydrogens is 402 g/mol. The van der Waals surface area contributed by atoms with Crippen molar-refractivity contribution in [2.75, 3.05) is 20.0 Å². The standard InChI is InChI=1S/C23H23NO5S/c1-27-17-6-3-5-16(14-17)23-19-13-15(11-12-30(24,25)26)9-10-18(19)22-20(28-2)7-4-8-21(22)29-23/h3-10,13-14,23H,11-12H2,1-2H3,(H2,24,25,26). The van der Waals surface area contributed by atoms with Crippen molar-refractivity contribution < 1.29 is 22.6 Å². The van der Waals surface area contributed by atoms with E-state index in [4.69, 9.17) is 19.3 Å². The Labute approximate surface area is 176 Å². The topological polar surface area (TPSA) is 87.8 Å². The van der Waals surface area contributed by atoms with Crippen LogP contribution in [0.4, 0.5) is 0 Å². The lowest BCUT2D eigenvalue weighted by molar-refractivity contribution is 0.241. The highest BCUT2D eigenvalue weighted by Crippen LogP contribution is 2.49. The summed E-state index contributed by atoms with van der Waals surface area (Å²) < 4.78 is 40.2. The molecule has 30 heavy (non-hydrogen) atoms. The molecule has 0 fully saturated rings. The van der Waals surface area contributed by atoms with Gasteiger partial charge < -0.3 is 14.2 Å². The van der Waals surface area contributed by atoms with Crippen LogP contribution >= 0.6 is 0 Å². The maximum Gasteiger partial charge on any atom is 0.209 e. The zero-order chi connectivity index (χ0) is 21.3. The van der Waals surface area contributed by atoms with Crippen LogP contribution in [0.3, 0.4) is 0 Å². The molecule has 4 rings (SSSR count). The van der Waals surface area contributed by atoms with Gasteiger partial charge in [-0.1, -0.05) is 36.4 Å². The van der Waals surface area contributed by atoms with Crippen LogP contribution in [-0.2, 0) is 16.4 Å². The first-order valence-electron chi connectivity index (χ1n) is 9.51. The Bertz CT molecular complexity index is 1190. The molecule has 156 valence electrons. The SMILES string of the molecule is COc1cccc(C2Oc3cccc(OC)c3-c3ccc(CCS(N)(=O)=O)cc32)c1. The number of methoxy groups -OCH3 is 2. The van der Waals surface area contributed by atoms with Crippen molar-refractivity contribution in [2.45, 2.75) is 12.5 Å². The molecule has 2 N–H and O–H groups in total. The van der Waals surface area contributed by atoms with Crippen molar-refractivity contribution in [3.05, 3.63) is 77.4 Å². The Morgan fingerprint density at radius 2 is 1.80 bits per heavy atom. The fourth-order valence-corrected chi connectivity index (χ4v) is 4.28. The second kappa shape index (κ2) is 8.01. The average Bonchev–Trinajstić information content (AvgIpc) is 2.76. The van der Waals surface area contributed by atoms with Crippen molar-refractivity contribution in [2.24, 2.45) is 5.14 Å². The third kappa shape index (κ3) is 3.99. The van der Waals surface area contributed by atoms with Crippen LogP contribution in [0.15, 0.2) is 60.7 Å². The maximum absolute atomic E-state index is 11.4. The van der Waals surface area contributed by atoms with E-state index in [0.717, 1.165) is 45.1 Å². The molecule has 1 heterocycles. The fourth-order valence-electron chi connectivity index (χ4n) is 3.76. The molecule has 1 unspecified atom stereocenters. The summed E-state index contributed by atoms with van der Waals surface area (Å²) in [5.41, 5.74) is 4.62. The molecule has 0 radical (unpaired) electrons. The van der Waals surface area contributed by atoms with E-state index in [1.807, 2.05) is 60.7 Å². The number of hydrogen-bond donors (Lipinski definition) is 1. The van der Waals surface area contributed by atoms with Crippen molar-refractivity contribution in [1.82, 2.24) is 0 Å². The summed E-state index contributed by atoms with van der Waals surface area (Å²) in [6, 6.07) is 19.3. The summed E-state index contributed by atoms with van der Waals surface area (Å²) in [4.78, 5) is 0. The van der Waals surface area contributed by atoms with Gasteiger partial charge in [0.05, 0.1) is 25.5 Å². The van der Waals surface area contributed by atoms with E-state index in [1.165, 1.54) is 0 Å². The monoisotopic (exact) mass is 425 g/mol. The molecule has 6 nitrogen and oxygen atoms in total. The van der Waals surface area contributed by atoms with Crippen molar-refractivity contribution in [3.63, 3.8) is 0 Å². The summed E-state index contributed by atoms with van der Waals surface area (Å²) >= 11 is 0. The number of primary sulfonamides is 1. The predicted molar refractivity (Wildman–Crippen MR) is 116 cm³/mol. The Kier molecular flexibility index (Phi) is 5.40. The van der Waals surface area contributed by atoms with Crippen molar-refractivity contribution in [3.8, 4) is 28.4 Å². The Morgan fingerprint density at radius 3 is 2.53 bits per heavy atom. The zero-order valence-corrected chi connectivity index (χ0v) is 17.6. The minimum Gasteiger partial charge on any atom is -0.497 e. The van der Waals surface area contributed by atoms with Crippen LogP contribution in [0.2, 0.25) is 0 Å². The van der Waals surface area contributed by atoms with Gasteiger partial charge in [0, 0.05) is 11.1 Å². The molecular formula is C23H23NO5S. The van der Waals surface area contributed by atoms with Crippen LogP contribution in [0.25, 0.3) is 11.1 Å². The molecule has 0 amide bonds. The van der Waals surface area contributed by atoms with Crippen molar-refractivity contribution >= 4 is 10.0 Å². The molecule has 0 aromatic heterocycles. The zero-order valence-electron chi connectivity index (χ0n) is 16.8. The predicted octanol–water partition coefficient (Wildman–Crippen LogP) is 3.68. The highest BCUT2D eigenvalue weighted by Gasteiger charge is 2.30. The molecule has 0 bridgehead atoms. The van der Waals surface area contributed by atoms with Gasteiger partial charge in [-0.05, 0) is 41.8 Å². The van der Waals surface area contributed by atoms with Gasteiger partial charge in [-0.3, -0.25) is 0 Å². The van der Waals surface area contributed by atoms with Gasteiger partial charge in [0.25, 0.3) is 0 Å².